The number of hydrogen-bond donors (Lipinski definition) is 2. The molecule has 0 aromatic heterocycles. The Balaban J connectivity index is 0.00000121. The van der Waals surface area contributed by atoms with E-state index in [0.29, 0.717) is 12.3 Å². The number of likely N-dealkylation sites (N-methyl/N-ethyl adjacent to an activating group) is 1. The molecule has 4 nitrogen and oxygen atoms in total. The van der Waals surface area contributed by atoms with E-state index in [1.54, 1.807) is 0 Å². The number of carbonyl (C=O) groups is 1. The minimum absolute atomic E-state index is 0.0693. The first-order valence-corrected chi connectivity index (χ1v) is 6.72. The normalized spacial score (nSPS) is 25.1. The number of amides is 1. The van der Waals surface area contributed by atoms with Crippen LogP contribution >= 0.6 is 0 Å². The second-order valence-electron chi connectivity index (χ2n) is 4.99. The van der Waals surface area contributed by atoms with Gasteiger partial charge in [-0.1, -0.05) is 27.7 Å². The summed E-state index contributed by atoms with van der Waals surface area (Å²) < 4.78 is 0. The first-order chi connectivity index (χ1) is 7.99. The van der Waals surface area contributed by atoms with Gasteiger partial charge in [-0.2, -0.15) is 0 Å². The van der Waals surface area contributed by atoms with Crippen LogP contribution < -0.4 is 11.1 Å². The second kappa shape index (κ2) is 8.48. The van der Waals surface area contributed by atoms with E-state index in [0.717, 1.165) is 19.5 Å². The molecular weight excluding hydrogens is 214 g/mol. The van der Waals surface area contributed by atoms with Gasteiger partial charge in [-0.05, 0) is 25.9 Å². The number of nitrogens with two attached hydrogens (primary N) is 1. The van der Waals surface area contributed by atoms with Gasteiger partial charge in [-0.15, -0.1) is 0 Å². The SMILES string of the molecule is CC.CC(C)CC(=O)NC1CCN(C)CC1N. The van der Waals surface area contributed by atoms with Gasteiger partial charge in [0, 0.05) is 25.0 Å². The molecule has 1 rings (SSSR count). The summed E-state index contributed by atoms with van der Waals surface area (Å²) in [6, 6.07) is 0.229. The smallest absolute Gasteiger partial charge is 0.220 e. The fourth-order valence-electron chi connectivity index (χ4n) is 1.97. The van der Waals surface area contributed by atoms with Crippen molar-refractivity contribution in [1.82, 2.24) is 10.2 Å². The number of rotatable bonds is 3. The quantitative estimate of drug-likeness (QED) is 0.783. The molecule has 0 aromatic rings. The fraction of sp³-hybridized carbons (Fsp3) is 0.923. The van der Waals surface area contributed by atoms with Gasteiger partial charge < -0.3 is 16.0 Å². The Hall–Kier alpha value is -0.610. The molecular formula is C13H29N3O. The van der Waals surface area contributed by atoms with Crippen LogP contribution in [0.15, 0.2) is 0 Å². The number of piperidine rings is 1. The van der Waals surface area contributed by atoms with Crippen LogP contribution in [0, 0.1) is 5.92 Å². The molecule has 102 valence electrons. The molecule has 2 atom stereocenters. The Labute approximate surface area is 106 Å². The molecule has 0 bridgehead atoms. The van der Waals surface area contributed by atoms with Crippen LogP contribution in [0.1, 0.15) is 40.5 Å². The van der Waals surface area contributed by atoms with Crippen molar-refractivity contribution < 1.29 is 4.79 Å². The maximum Gasteiger partial charge on any atom is 0.220 e. The van der Waals surface area contributed by atoms with Gasteiger partial charge in [-0.3, -0.25) is 4.79 Å². The third-order valence-electron chi connectivity index (χ3n) is 2.80. The van der Waals surface area contributed by atoms with Gasteiger partial charge in [0.25, 0.3) is 0 Å². The number of carbonyl (C=O) groups excluding carboxylic acids is 1. The average molecular weight is 243 g/mol. The third-order valence-corrected chi connectivity index (χ3v) is 2.80. The Kier molecular flexibility index (Phi) is 8.17. The highest BCUT2D eigenvalue weighted by molar-refractivity contribution is 5.76. The van der Waals surface area contributed by atoms with E-state index < -0.39 is 0 Å². The predicted molar refractivity (Wildman–Crippen MR) is 72.8 cm³/mol. The molecule has 2 unspecified atom stereocenters. The van der Waals surface area contributed by atoms with E-state index >= 15 is 0 Å². The summed E-state index contributed by atoms with van der Waals surface area (Å²) in [5, 5.41) is 3.03. The van der Waals surface area contributed by atoms with E-state index in [4.69, 9.17) is 5.73 Å². The summed E-state index contributed by atoms with van der Waals surface area (Å²) >= 11 is 0. The fourth-order valence-corrected chi connectivity index (χ4v) is 1.97. The average Bonchev–Trinajstić information content (AvgIpc) is 2.24. The topological polar surface area (TPSA) is 58.4 Å². The lowest BCUT2D eigenvalue weighted by atomic mass is 10.00. The summed E-state index contributed by atoms with van der Waals surface area (Å²) in [6.07, 6.45) is 1.56. The van der Waals surface area contributed by atoms with Crippen LogP contribution in [0.4, 0.5) is 0 Å². The zero-order valence-electron chi connectivity index (χ0n) is 12.0. The highest BCUT2D eigenvalue weighted by Crippen LogP contribution is 2.08. The van der Waals surface area contributed by atoms with E-state index in [9.17, 15) is 4.79 Å². The van der Waals surface area contributed by atoms with Crippen molar-refractivity contribution >= 4 is 5.91 Å². The molecule has 0 aromatic carbocycles. The van der Waals surface area contributed by atoms with Crippen molar-refractivity contribution in [3.8, 4) is 0 Å². The zero-order chi connectivity index (χ0) is 13.4. The monoisotopic (exact) mass is 243 g/mol. The van der Waals surface area contributed by atoms with Crippen molar-refractivity contribution in [2.24, 2.45) is 11.7 Å². The lowest BCUT2D eigenvalue weighted by molar-refractivity contribution is -0.122. The molecule has 1 aliphatic heterocycles. The molecule has 3 N–H and O–H groups in total. The molecule has 17 heavy (non-hydrogen) atoms. The third kappa shape index (κ3) is 6.64. The van der Waals surface area contributed by atoms with Gasteiger partial charge in [0.1, 0.15) is 0 Å². The predicted octanol–water partition coefficient (Wildman–Crippen LogP) is 1.21. The molecule has 0 saturated carbocycles. The van der Waals surface area contributed by atoms with Crippen molar-refractivity contribution in [1.29, 1.82) is 0 Å². The van der Waals surface area contributed by atoms with Crippen molar-refractivity contribution in [2.45, 2.75) is 52.6 Å². The lowest BCUT2D eigenvalue weighted by Crippen LogP contribution is -2.57. The molecule has 1 amide bonds. The molecule has 1 saturated heterocycles. The first-order valence-electron chi connectivity index (χ1n) is 6.72. The highest BCUT2D eigenvalue weighted by atomic mass is 16.1. The van der Waals surface area contributed by atoms with Gasteiger partial charge in [0.2, 0.25) is 5.91 Å². The van der Waals surface area contributed by atoms with Crippen molar-refractivity contribution in [2.75, 3.05) is 20.1 Å². The molecule has 1 heterocycles. The van der Waals surface area contributed by atoms with Crippen LogP contribution in [0.3, 0.4) is 0 Å². The second-order valence-corrected chi connectivity index (χ2v) is 4.99. The van der Waals surface area contributed by atoms with E-state index in [1.807, 2.05) is 27.7 Å². The molecule has 0 spiro atoms. The molecule has 0 radical (unpaired) electrons. The maximum atomic E-state index is 11.6. The van der Waals surface area contributed by atoms with Gasteiger partial charge >= 0.3 is 0 Å². The van der Waals surface area contributed by atoms with Crippen LogP contribution in [-0.4, -0.2) is 43.0 Å². The largest absolute Gasteiger partial charge is 0.352 e. The summed E-state index contributed by atoms with van der Waals surface area (Å²) in [4.78, 5) is 13.8. The summed E-state index contributed by atoms with van der Waals surface area (Å²) in [5.41, 5.74) is 5.99. The van der Waals surface area contributed by atoms with E-state index in [1.165, 1.54) is 0 Å². The molecule has 4 heteroatoms. The molecule has 1 fully saturated rings. The Morgan fingerprint density at radius 3 is 2.53 bits per heavy atom. The summed E-state index contributed by atoms with van der Waals surface area (Å²) in [6.45, 7) is 9.98. The maximum absolute atomic E-state index is 11.6. The van der Waals surface area contributed by atoms with E-state index in [2.05, 4.69) is 17.3 Å². The minimum atomic E-state index is 0.0693. The number of nitrogens with one attached hydrogen (secondary N) is 1. The van der Waals surface area contributed by atoms with Crippen molar-refractivity contribution in [3.05, 3.63) is 0 Å². The first kappa shape index (κ1) is 16.4. The standard InChI is InChI=1S/C11H23N3O.C2H6/c1-8(2)6-11(15)13-10-4-5-14(3)7-9(10)12;1-2/h8-10H,4-7,12H2,1-3H3,(H,13,15);1-2H3. The molecule has 0 aliphatic carbocycles. The van der Waals surface area contributed by atoms with Crippen molar-refractivity contribution in [3.63, 3.8) is 0 Å². The zero-order valence-corrected chi connectivity index (χ0v) is 12.0. The van der Waals surface area contributed by atoms with Crippen LogP contribution in [-0.2, 0) is 4.79 Å². The van der Waals surface area contributed by atoms with E-state index in [-0.39, 0.29) is 18.0 Å². The number of likely N-dealkylation sites (tertiary alicyclic amines) is 1. The van der Waals surface area contributed by atoms with Gasteiger partial charge in [0.15, 0.2) is 0 Å². The van der Waals surface area contributed by atoms with Crippen LogP contribution in [0.5, 0.6) is 0 Å². The lowest BCUT2D eigenvalue weighted by Gasteiger charge is -2.35. The van der Waals surface area contributed by atoms with Gasteiger partial charge in [-0.25, -0.2) is 0 Å². The Morgan fingerprint density at radius 1 is 1.47 bits per heavy atom. The molecule has 1 aliphatic rings. The van der Waals surface area contributed by atoms with Crippen LogP contribution in [0.2, 0.25) is 0 Å². The summed E-state index contributed by atoms with van der Waals surface area (Å²) in [7, 11) is 2.06. The Bertz CT molecular complexity index is 219. The highest BCUT2D eigenvalue weighted by Gasteiger charge is 2.25. The van der Waals surface area contributed by atoms with Gasteiger partial charge in [0.05, 0.1) is 0 Å². The number of nitrogens with zero attached hydrogens (tertiary/aromatic N) is 1. The number of hydrogen-bond acceptors (Lipinski definition) is 3. The minimum Gasteiger partial charge on any atom is -0.352 e. The Morgan fingerprint density at radius 2 is 2.06 bits per heavy atom. The van der Waals surface area contributed by atoms with Crippen LogP contribution in [0.25, 0.3) is 0 Å². The summed E-state index contributed by atoms with van der Waals surface area (Å²) in [5.74, 6) is 0.544.